The number of aromatic nitrogens is 4. The first-order chi connectivity index (χ1) is 10.0. The van der Waals surface area contributed by atoms with Gasteiger partial charge in [-0.2, -0.15) is 13.2 Å². The van der Waals surface area contributed by atoms with Gasteiger partial charge in [-0.15, -0.1) is 0 Å². The van der Waals surface area contributed by atoms with Crippen LogP contribution in [-0.4, -0.2) is 19.1 Å². The van der Waals surface area contributed by atoms with Gasteiger partial charge in [0.1, 0.15) is 0 Å². The molecule has 3 rings (SSSR count). The quantitative estimate of drug-likeness (QED) is 0.743. The van der Waals surface area contributed by atoms with Gasteiger partial charge in [0.2, 0.25) is 0 Å². The third kappa shape index (κ3) is 2.96. The predicted molar refractivity (Wildman–Crippen MR) is 69.9 cm³/mol. The summed E-state index contributed by atoms with van der Waals surface area (Å²) < 4.78 is 41.5. The second-order valence-electron chi connectivity index (χ2n) is 4.56. The maximum absolute atomic E-state index is 12.7. The Morgan fingerprint density at radius 1 is 1.14 bits per heavy atom. The van der Waals surface area contributed by atoms with E-state index < -0.39 is 11.7 Å². The zero-order valence-corrected chi connectivity index (χ0v) is 10.8. The normalized spacial score (nSPS) is 11.8. The van der Waals surface area contributed by atoms with Crippen LogP contribution in [0.25, 0.3) is 5.69 Å². The van der Waals surface area contributed by atoms with E-state index >= 15 is 0 Å². The first-order valence-electron chi connectivity index (χ1n) is 6.18. The number of alkyl halides is 3. The van der Waals surface area contributed by atoms with E-state index in [1.54, 1.807) is 35.6 Å². The summed E-state index contributed by atoms with van der Waals surface area (Å²) in [7, 11) is 0. The molecule has 0 saturated heterocycles. The minimum absolute atomic E-state index is 0.425. The van der Waals surface area contributed by atoms with Crippen LogP contribution in [0.5, 0.6) is 0 Å². The van der Waals surface area contributed by atoms with Gasteiger partial charge in [0, 0.05) is 24.3 Å². The molecule has 0 saturated carbocycles. The summed E-state index contributed by atoms with van der Waals surface area (Å²) in [5.74, 6) is 0. The summed E-state index contributed by atoms with van der Waals surface area (Å²) in [6, 6.07) is 5.14. The average Bonchev–Trinajstić information content (AvgIpc) is 3.10. The smallest absolute Gasteiger partial charge is 0.331 e. The Bertz CT molecular complexity index is 729. The van der Waals surface area contributed by atoms with Crippen molar-refractivity contribution in [1.29, 1.82) is 0 Å². The van der Waals surface area contributed by atoms with Gasteiger partial charge in [0.25, 0.3) is 0 Å². The summed E-state index contributed by atoms with van der Waals surface area (Å²) in [6.45, 7) is 0.520. The minimum atomic E-state index is -4.35. The van der Waals surface area contributed by atoms with E-state index in [0.717, 1.165) is 17.8 Å². The monoisotopic (exact) mass is 292 g/mol. The zero-order chi connectivity index (χ0) is 14.9. The molecule has 0 spiro atoms. The molecule has 0 bridgehead atoms. The van der Waals surface area contributed by atoms with Crippen molar-refractivity contribution < 1.29 is 13.2 Å². The fraction of sp³-hybridized carbons (Fsp3) is 0.143. The Morgan fingerprint density at radius 3 is 2.71 bits per heavy atom. The summed E-state index contributed by atoms with van der Waals surface area (Å²) in [4.78, 5) is 8.12. The molecular formula is C14H11F3N4. The third-order valence-corrected chi connectivity index (χ3v) is 3.01. The molecule has 0 unspecified atom stereocenters. The van der Waals surface area contributed by atoms with Crippen LogP contribution in [0.2, 0.25) is 0 Å². The highest BCUT2D eigenvalue weighted by molar-refractivity contribution is 5.37. The second-order valence-corrected chi connectivity index (χ2v) is 4.56. The van der Waals surface area contributed by atoms with Crippen LogP contribution in [0.1, 0.15) is 11.3 Å². The van der Waals surface area contributed by atoms with Gasteiger partial charge < -0.3 is 9.13 Å². The average molecular weight is 292 g/mol. The van der Waals surface area contributed by atoms with Gasteiger partial charge >= 0.3 is 6.18 Å². The molecule has 3 aromatic rings. The van der Waals surface area contributed by atoms with Crippen molar-refractivity contribution >= 4 is 0 Å². The van der Waals surface area contributed by atoms with E-state index in [2.05, 4.69) is 9.97 Å². The Kier molecular flexibility index (Phi) is 3.25. The van der Waals surface area contributed by atoms with E-state index in [1.807, 2.05) is 4.57 Å². The molecular weight excluding hydrogens is 281 g/mol. The lowest BCUT2D eigenvalue weighted by Gasteiger charge is -2.08. The molecule has 0 aliphatic heterocycles. The van der Waals surface area contributed by atoms with E-state index in [1.165, 1.54) is 12.4 Å². The lowest BCUT2D eigenvalue weighted by molar-refractivity contribution is -0.137. The molecule has 0 aliphatic carbocycles. The lowest BCUT2D eigenvalue weighted by atomic mass is 10.2. The second kappa shape index (κ2) is 5.08. The Morgan fingerprint density at radius 2 is 2.00 bits per heavy atom. The number of halogens is 3. The molecule has 0 atom stereocenters. The number of rotatable bonds is 3. The van der Waals surface area contributed by atoms with Crippen molar-refractivity contribution in [3.8, 4) is 5.69 Å². The fourth-order valence-electron chi connectivity index (χ4n) is 2.00. The first-order valence-corrected chi connectivity index (χ1v) is 6.18. The van der Waals surface area contributed by atoms with Crippen LogP contribution in [0, 0.1) is 0 Å². The molecule has 2 heterocycles. The van der Waals surface area contributed by atoms with Crippen molar-refractivity contribution in [3.05, 3.63) is 66.8 Å². The van der Waals surface area contributed by atoms with Gasteiger partial charge in [-0.1, -0.05) is 6.07 Å². The van der Waals surface area contributed by atoms with Crippen molar-refractivity contribution in [1.82, 2.24) is 19.1 Å². The Labute approximate surface area is 118 Å². The number of hydrogen-bond acceptors (Lipinski definition) is 2. The van der Waals surface area contributed by atoms with Crippen LogP contribution >= 0.6 is 0 Å². The standard InChI is InChI=1S/C14H11F3N4/c15-14(16,17)11-2-1-3-13(6-11)21-8-12(19-10-21)7-20-5-4-18-9-20/h1-6,8-10H,7H2. The van der Waals surface area contributed by atoms with Gasteiger partial charge in [-0.3, -0.25) is 0 Å². The molecule has 0 fully saturated rings. The molecule has 7 heteroatoms. The van der Waals surface area contributed by atoms with Crippen molar-refractivity contribution in [3.63, 3.8) is 0 Å². The lowest BCUT2D eigenvalue weighted by Crippen LogP contribution is -2.05. The summed E-state index contributed by atoms with van der Waals surface area (Å²) >= 11 is 0. The highest BCUT2D eigenvalue weighted by Gasteiger charge is 2.30. The van der Waals surface area contributed by atoms with E-state index in [0.29, 0.717) is 12.2 Å². The van der Waals surface area contributed by atoms with Crippen LogP contribution in [0.15, 0.2) is 55.5 Å². The Hall–Kier alpha value is -2.57. The van der Waals surface area contributed by atoms with E-state index in [4.69, 9.17) is 0 Å². The van der Waals surface area contributed by atoms with Crippen LogP contribution in [0.3, 0.4) is 0 Å². The molecule has 0 amide bonds. The molecule has 0 N–H and O–H groups in total. The number of benzene rings is 1. The molecule has 0 radical (unpaired) electrons. The topological polar surface area (TPSA) is 35.6 Å². The first kappa shape index (κ1) is 13.4. The third-order valence-electron chi connectivity index (χ3n) is 3.01. The van der Waals surface area contributed by atoms with Crippen molar-refractivity contribution in [2.45, 2.75) is 12.7 Å². The van der Waals surface area contributed by atoms with Crippen molar-refractivity contribution in [2.75, 3.05) is 0 Å². The fourth-order valence-corrected chi connectivity index (χ4v) is 2.00. The van der Waals surface area contributed by atoms with Gasteiger partial charge in [0.05, 0.1) is 30.5 Å². The van der Waals surface area contributed by atoms with Crippen LogP contribution < -0.4 is 0 Å². The maximum atomic E-state index is 12.7. The minimum Gasteiger partial charge on any atom is -0.331 e. The maximum Gasteiger partial charge on any atom is 0.416 e. The Balaban J connectivity index is 1.86. The van der Waals surface area contributed by atoms with E-state index in [9.17, 15) is 13.2 Å². The van der Waals surface area contributed by atoms with Crippen LogP contribution in [0.4, 0.5) is 13.2 Å². The molecule has 108 valence electrons. The molecule has 21 heavy (non-hydrogen) atoms. The molecule has 0 aliphatic rings. The summed E-state index contributed by atoms with van der Waals surface area (Å²) in [5, 5.41) is 0. The SMILES string of the molecule is FC(F)(F)c1cccc(-n2cnc(Cn3ccnc3)c2)c1. The van der Waals surface area contributed by atoms with Gasteiger partial charge in [-0.05, 0) is 18.2 Å². The highest BCUT2D eigenvalue weighted by Crippen LogP contribution is 2.30. The molecule has 1 aromatic carbocycles. The largest absolute Gasteiger partial charge is 0.416 e. The summed E-state index contributed by atoms with van der Waals surface area (Å²) in [6.07, 6.45) is 3.96. The number of hydrogen-bond donors (Lipinski definition) is 0. The van der Waals surface area contributed by atoms with E-state index in [-0.39, 0.29) is 0 Å². The predicted octanol–water partition coefficient (Wildman–Crippen LogP) is 3.14. The van der Waals surface area contributed by atoms with Gasteiger partial charge in [-0.25, -0.2) is 9.97 Å². The number of imidazole rings is 2. The van der Waals surface area contributed by atoms with Gasteiger partial charge in [0.15, 0.2) is 0 Å². The zero-order valence-electron chi connectivity index (χ0n) is 10.8. The van der Waals surface area contributed by atoms with Crippen LogP contribution in [-0.2, 0) is 12.7 Å². The number of nitrogens with zero attached hydrogens (tertiary/aromatic N) is 4. The molecule has 2 aromatic heterocycles. The molecule has 4 nitrogen and oxygen atoms in total. The highest BCUT2D eigenvalue weighted by atomic mass is 19.4. The summed E-state index contributed by atoms with van der Waals surface area (Å²) in [5.41, 5.74) is 0.490. The van der Waals surface area contributed by atoms with Crippen molar-refractivity contribution in [2.24, 2.45) is 0 Å².